The summed E-state index contributed by atoms with van der Waals surface area (Å²) in [6, 6.07) is 5.01. The second-order valence-electron chi connectivity index (χ2n) is 4.99. The van der Waals surface area contributed by atoms with Crippen molar-refractivity contribution in [2.75, 3.05) is 7.11 Å². The summed E-state index contributed by atoms with van der Waals surface area (Å²) in [6.07, 6.45) is 2.88. The van der Waals surface area contributed by atoms with Gasteiger partial charge in [0.25, 0.3) is 10.1 Å². The van der Waals surface area contributed by atoms with Gasteiger partial charge in [-0.25, -0.2) is 0 Å². The number of methoxy groups -OCH3 is 1. The highest BCUT2D eigenvalue weighted by Gasteiger charge is 2.30. The van der Waals surface area contributed by atoms with Crippen LogP contribution in [0.4, 0.5) is 0 Å². The Balaban J connectivity index is 2.19. The van der Waals surface area contributed by atoms with E-state index < -0.39 is 10.1 Å². The van der Waals surface area contributed by atoms with Crippen molar-refractivity contribution in [2.45, 2.75) is 37.2 Å². The second kappa shape index (κ2) is 4.99. The van der Waals surface area contributed by atoms with Crippen molar-refractivity contribution in [2.24, 2.45) is 5.92 Å². The molecular weight excluding hydrogens is 252 g/mol. The van der Waals surface area contributed by atoms with Gasteiger partial charge < -0.3 is 4.74 Å². The Hall–Kier alpha value is -0.910. The van der Waals surface area contributed by atoms with E-state index in [1.54, 1.807) is 13.2 Å². The molecule has 1 fully saturated rings. The normalized spacial score (nSPS) is 23.7. The zero-order valence-electron chi connectivity index (χ0n) is 10.6. The van der Waals surface area contributed by atoms with E-state index in [1.165, 1.54) is 6.07 Å². The van der Waals surface area contributed by atoms with Crippen molar-refractivity contribution >= 4 is 10.1 Å². The molecule has 0 saturated heterocycles. The third kappa shape index (κ3) is 2.91. The number of hydrogen-bond acceptors (Lipinski definition) is 3. The van der Waals surface area contributed by atoms with Gasteiger partial charge in [0.15, 0.2) is 0 Å². The lowest BCUT2D eigenvalue weighted by Crippen LogP contribution is -2.31. The Labute approximate surface area is 108 Å². The average Bonchev–Trinajstić information content (AvgIpc) is 2.21. The molecule has 2 rings (SSSR count). The topological polar surface area (TPSA) is 63.6 Å². The van der Waals surface area contributed by atoms with Crippen LogP contribution in [-0.4, -0.2) is 26.2 Å². The Morgan fingerprint density at radius 3 is 2.61 bits per heavy atom. The van der Waals surface area contributed by atoms with Crippen molar-refractivity contribution < 1.29 is 17.7 Å². The van der Waals surface area contributed by atoms with Crippen LogP contribution in [0.2, 0.25) is 0 Å². The molecule has 1 aliphatic rings. The summed E-state index contributed by atoms with van der Waals surface area (Å²) in [4.78, 5) is 0.0361. The van der Waals surface area contributed by atoms with E-state index in [1.807, 2.05) is 13.0 Å². The van der Waals surface area contributed by atoms with E-state index in [4.69, 9.17) is 4.74 Å². The van der Waals surface area contributed by atoms with Crippen LogP contribution in [0.25, 0.3) is 0 Å². The third-order valence-corrected chi connectivity index (χ3v) is 4.48. The van der Waals surface area contributed by atoms with Crippen LogP contribution in [-0.2, 0) is 21.3 Å². The molecule has 0 amide bonds. The molecule has 1 aromatic rings. The van der Waals surface area contributed by atoms with Crippen molar-refractivity contribution in [3.8, 4) is 0 Å². The number of rotatable bonds is 4. The standard InChI is InChI=1S/C13H18O4S/c1-9-3-4-13(18(14,15)16)11(5-9)6-10-7-12(8-10)17-2/h3-5,10,12H,6-8H2,1-2H3,(H,14,15,16)/t10-,12+. The minimum absolute atomic E-state index is 0.0361. The molecule has 1 saturated carbocycles. The van der Waals surface area contributed by atoms with Crippen molar-refractivity contribution in [1.82, 2.24) is 0 Å². The van der Waals surface area contributed by atoms with Crippen LogP contribution >= 0.6 is 0 Å². The van der Waals surface area contributed by atoms with Gasteiger partial charge >= 0.3 is 0 Å². The fourth-order valence-corrected chi connectivity index (χ4v) is 3.18. The Morgan fingerprint density at radius 2 is 2.06 bits per heavy atom. The maximum absolute atomic E-state index is 11.3. The minimum Gasteiger partial charge on any atom is -0.381 e. The molecule has 0 bridgehead atoms. The van der Waals surface area contributed by atoms with Gasteiger partial charge in [-0.05, 0) is 43.7 Å². The maximum Gasteiger partial charge on any atom is 0.294 e. The Kier molecular flexibility index (Phi) is 3.75. The molecule has 0 heterocycles. The fourth-order valence-electron chi connectivity index (χ4n) is 2.46. The van der Waals surface area contributed by atoms with Crippen LogP contribution < -0.4 is 0 Å². The van der Waals surface area contributed by atoms with Crippen LogP contribution in [0.1, 0.15) is 24.0 Å². The second-order valence-corrected chi connectivity index (χ2v) is 6.38. The van der Waals surface area contributed by atoms with E-state index >= 15 is 0 Å². The Morgan fingerprint density at radius 1 is 1.39 bits per heavy atom. The predicted octanol–water partition coefficient (Wildman–Crippen LogP) is 2.21. The Bertz CT molecular complexity index is 530. The summed E-state index contributed by atoms with van der Waals surface area (Å²) in [5.41, 5.74) is 1.71. The first-order chi connectivity index (χ1) is 8.40. The van der Waals surface area contributed by atoms with Gasteiger partial charge in [0, 0.05) is 7.11 Å². The molecule has 1 aliphatic carbocycles. The van der Waals surface area contributed by atoms with E-state index in [9.17, 15) is 13.0 Å². The zero-order valence-corrected chi connectivity index (χ0v) is 11.4. The van der Waals surface area contributed by atoms with E-state index in [-0.39, 0.29) is 4.90 Å². The molecule has 4 nitrogen and oxygen atoms in total. The number of aryl methyl sites for hydroxylation is 1. The summed E-state index contributed by atoms with van der Waals surface area (Å²) in [6.45, 7) is 1.91. The monoisotopic (exact) mass is 270 g/mol. The van der Waals surface area contributed by atoms with Crippen LogP contribution in [0.3, 0.4) is 0 Å². The van der Waals surface area contributed by atoms with Gasteiger partial charge in [-0.15, -0.1) is 0 Å². The lowest BCUT2D eigenvalue weighted by atomic mass is 9.78. The molecule has 0 aromatic heterocycles. The molecule has 0 unspecified atom stereocenters. The fraction of sp³-hybridized carbons (Fsp3) is 0.538. The lowest BCUT2D eigenvalue weighted by Gasteiger charge is -2.34. The highest BCUT2D eigenvalue weighted by atomic mass is 32.2. The zero-order chi connectivity index (χ0) is 13.3. The molecule has 18 heavy (non-hydrogen) atoms. The summed E-state index contributed by atoms with van der Waals surface area (Å²) in [7, 11) is -2.44. The molecule has 1 aromatic carbocycles. The van der Waals surface area contributed by atoms with Crippen molar-refractivity contribution in [1.29, 1.82) is 0 Å². The highest BCUT2D eigenvalue weighted by Crippen LogP contribution is 2.34. The van der Waals surface area contributed by atoms with E-state index in [2.05, 4.69) is 0 Å². The van der Waals surface area contributed by atoms with Gasteiger partial charge in [0.05, 0.1) is 11.0 Å². The third-order valence-electron chi connectivity index (χ3n) is 3.53. The van der Waals surface area contributed by atoms with E-state index in [0.29, 0.717) is 24.0 Å². The maximum atomic E-state index is 11.3. The first-order valence-corrected chi connectivity index (χ1v) is 7.44. The molecular formula is C13H18O4S. The SMILES string of the molecule is CO[C@H]1C[C@@H](Cc2cc(C)ccc2S(=O)(=O)O)C1. The minimum atomic E-state index is -4.13. The largest absolute Gasteiger partial charge is 0.381 e. The molecule has 5 heteroatoms. The van der Waals surface area contributed by atoms with Crippen LogP contribution in [0, 0.1) is 12.8 Å². The molecule has 100 valence electrons. The predicted molar refractivity (Wildman–Crippen MR) is 68.2 cm³/mol. The molecule has 0 aliphatic heterocycles. The van der Waals surface area contributed by atoms with E-state index in [0.717, 1.165) is 18.4 Å². The summed E-state index contributed by atoms with van der Waals surface area (Å²) in [5, 5.41) is 0. The lowest BCUT2D eigenvalue weighted by molar-refractivity contribution is 0.00126. The quantitative estimate of drug-likeness (QED) is 0.852. The average molecular weight is 270 g/mol. The van der Waals surface area contributed by atoms with Gasteiger partial charge in [-0.1, -0.05) is 17.7 Å². The molecule has 0 atom stereocenters. The summed E-state index contributed by atoms with van der Waals surface area (Å²) >= 11 is 0. The van der Waals surface area contributed by atoms with Crippen LogP contribution in [0.15, 0.2) is 23.1 Å². The number of ether oxygens (including phenoxy) is 1. The molecule has 1 N–H and O–H groups in total. The summed E-state index contributed by atoms with van der Waals surface area (Å²) < 4.78 is 37.0. The van der Waals surface area contributed by atoms with Gasteiger partial charge in [0.1, 0.15) is 0 Å². The first kappa shape index (κ1) is 13.5. The van der Waals surface area contributed by atoms with Crippen molar-refractivity contribution in [3.63, 3.8) is 0 Å². The number of hydrogen-bond donors (Lipinski definition) is 1. The van der Waals surface area contributed by atoms with Gasteiger partial charge in [-0.2, -0.15) is 8.42 Å². The highest BCUT2D eigenvalue weighted by molar-refractivity contribution is 7.85. The smallest absolute Gasteiger partial charge is 0.294 e. The number of benzene rings is 1. The summed E-state index contributed by atoms with van der Waals surface area (Å²) in [5.74, 6) is 0.442. The van der Waals surface area contributed by atoms with Gasteiger partial charge in [0.2, 0.25) is 0 Å². The molecule has 0 radical (unpaired) electrons. The molecule has 0 spiro atoms. The van der Waals surface area contributed by atoms with Crippen LogP contribution in [0.5, 0.6) is 0 Å². The van der Waals surface area contributed by atoms with Crippen molar-refractivity contribution in [3.05, 3.63) is 29.3 Å². The first-order valence-electron chi connectivity index (χ1n) is 6.00. The van der Waals surface area contributed by atoms with Gasteiger partial charge in [-0.3, -0.25) is 4.55 Å².